The number of hydrogen-bond donors (Lipinski definition) is 3. The molecule has 3 aliphatic rings. The Morgan fingerprint density at radius 2 is 1.89 bits per heavy atom. The van der Waals surface area contributed by atoms with Gasteiger partial charge in [-0.25, -0.2) is 8.42 Å². The minimum atomic E-state index is -4.81. The molecule has 0 aromatic heterocycles. The highest BCUT2D eigenvalue weighted by Gasteiger charge is 2.48. The zero-order chi connectivity index (χ0) is 26.8. The zero-order valence-electron chi connectivity index (χ0n) is 20.1. The largest absolute Gasteiger partial charge is 0.417 e. The smallest absolute Gasteiger partial charge is 0.387 e. The Balaban J connectivity index is 1.47. The van der Waals surface area contributed by atoms with E-state index in [-0.39, 0.29) is 43.4 Å². The molecule has 1 aromatic carbocycles. The molecule has 2 amide bonds. The molecular weight excluding hydrogens is 513 g/mol. The summed E-state index contributed by atoms with van der Waals surface area (Å²) in [4.78, 5) is 28.8. The lowest BCUT2D eigenvalue weighted by atomic mass is 9.88. The van der Waals surface area contributed by atoms with E-state index in [4.69, 9.17) is 10.1 Å². The van der Waals surface area contributed by atoms with Crippen molar-refractivity contribution in [1.82, 2.24) is 9.62 Å². The molecule has 1 saturated heterocycles. The molecule has 1 saturated carbocycles. The average molecular weight is 543 g/mol. The number of hydrogen-bond acceptors (Lipinski definition) is 6. The standard InChI is InChI=1S/C24H29F3N4O5S/c25-24(26,27)19-14-18(28-20(33)15-32)7-6-16(19)8-13-37(35,36)31-11-9-23(10-12-31)22(34)29-21(30-23)17-4-2-1-3-5-17/h6-8,13-14,17,32H,1-5,9-12,15H2,(H,28,33)(H,29,30,34)/b13-8+. The molecule has 0 radical (unpaired) electrons. The van der Waals surface area contributed by atoms with E-state index in [1.165, 1.54) is 6.07 Å². The van der Waals surface area contributed by atoms with Gasteiger partial charge in [0.05, 0.1) is 5.56 Å². The molecule has 9 nitrogen and oxygen atoms in total. The third kappa shape index (κ3) is 6.04. The van der Waals surface area contributed by atoms with Crippen LogP contribution in [0.25, 0.3) is 6.08 Å². The Kier molecular flexibility index (Phi) is 7.77. The minimum absolute atomic E-state index is 0.0137. The number of amidine groups is 1. The van der Waals surface area contributed by atoms with Gasteiger partial charge in [-0.05, 0) is 49.5 Å². The maximum atomic E-state index is 13.6. The van der Waals surface area contributed by atoms with Gasteiger partial charge in [0, 0.05) is 30.1 Å². The Labute approximate surface area is 212 Å². The van der Waals surface area contributed by atoms with E-state index in [1.54, 1.807) is 0 Å². The topological polar surface area (TPSA) is 128 Å². The molecule has 202 valence electrons. The predicted molar refractivity (Wildman–Crippen MR) is 131 cm³/mol. The first-order valence-corrected chi connectivity index (χ1v) is 13.7. The minimum Gasteiger partial charge on any atom is -0.387 e. The number of aliphatic hydroxyl groups excluding tert-OH is 1. The number of nitrogens with zero attached hydrogens (tertiary/aromatic N) is 2. The van der Waals surface area contributed by atoms with Crippen molar-refractivity contribution in [2.24, 2.45) is 10.9 Å². The molecular formula is C24H29F3N4O5S. The fraction of sp³-hybridized carbons (Fsp3) is 0.542. The van der Waals surface area contributed by atoms with E-state index in [2.05, 4.69) is 10.6 Å². The number of aliphatic imine (C=N–C) groups is 1. The van der Waals surface area contributed by atoms with Crippen molar-refractivity contribution in [3.05, 3.63) is 34.7 Å². The summed E-state index contributed by atoms with van der Waals surface area (Å²) in [5, 5.41) is 14.5. The fourth-order valence-corrected chi connectivity index (χ4v) is 6.21. The van der Waals surface area contributed by atoms with Crippen molar-refractivity contribution in [2.75, 3.05) is 25.0 Å². The Morgan fingerprint density at radius 1 is 1.22 bits per heavy atom. The van der Waals surface area contributed by atoms with E-state index in [0.717, 1.165) is 48.6 Å². The first-order valence-electron chi connectivity index (χ1n) is 12.1. The summed E-state index contributed by atoms with van der Waals surface area (Å²) >= 11 is 0. The lowest BCUT2D eigenvalue weighted by Crippen LogP contribution is -2.50. The maximum absolute atomic E-state index is 13.6. The van der Waals surface area contributed by atoms with Crippen LogP contribution in [0.4, 0.5) is 18.9 Å². The van der Waals surface area contributed by atoms with Gasteiger partial charge in [0.2, 0.25) is 15.9 Å². The van der Waals surface area contributed by atoms with Crippen LogP contribution in [0.3, 0.4) is 0 Å². The Morgan fingerprint density at radius 3 is 2.51 bits per heavy atom. The van der Waals surface area contributed by atoms with Crippen molar-refractivity contribution in [3.63, 3.8) is 0 Å². The molecule has 2 aliphatic heterocycles. The fourth-order valence-electron chi connectivity index (χ4n) is 5.03. The average Bonchev–Trinajstić information content (AvgIpc) is 3.18. The van der Waals surface area contributed by atoms with Crippen LogP contribution >= 0.6 is 0 Å². The van der Waals surface area contributed by atoms with Gasteiger partial charge in [-0.15, -0.1) is 0 Å². The maximum Gasteiger partial charge on any atom is 0.417 e. The number of carbonyl (C=O) groups excluding carboxylic acids is 2. The highest BCUT2D eigenvalue weighted by molar-refractivity contribution is 7.92. The molecule has 37 heavy (non-hydrogen) atoms. The summed E-state index contributed by atoms with van der Waals surface area (Å²) in [5.74, 6) is -0.191. The number of rotatable bonds is 6. The molecule has 1 aromatic rings. The highest BCUT2D eigenvalue weighted by Crippen LogP contribution is 2.36. The monoisotopic (exact) mass is 542 g/mol. The number of halogens is 3. The Hall–Kier alpha value is -2.77. The lowest BCUT2D eigenvalue weighted by molar-refractivity contribution is -0.137. The second kappa shape index (κ2) is 10.5. The summed E-state index contributed by atoms with van der Waals surface area (Å²) in [6.45, 7) is -0.868. The molecule has 4 rings (SSSR count). The number of anilines is 1. The van der Waals surface area contributed by atoms with Gasteiger partial charge >= 0.3 is 6.18 Å². The predicted octanol–water partition coefficient (Wildman–Crippen LogP) is 2.88. The van der Waals surface area contributed by atoms with Crippen LogP contribution in [0.5, 0.6) is 0 Å². The van der Waals surface area contributed by atoms with E-state index in [0.29, 0.717) is 17.3 Å². The van der Waals surface area contributed by atoms with Crippen LogP contribution in [-0.2, 0) is 25.8 Å². The van der Waals surface area contributed by atoms with Crippen LogP contribution in [0.1, 0.15) is 56.1 Å². The quantitative estimate of drug-likeness (QED) is 0.509. The number of sulfonamides is 1. The second-order valence-corrected chi connectivity index (χ2v) is 11.4. The van der Waals surface area contributed by atoms with Crippen LogP contribution in [0.15, 0.2) is 28.6 Å². The third-order valence-corrected chi connectivity index (χ3v) is 8.67. The van der Waals surface area contributed by atoms with Gasteiger partial charge in [-0.3, -0.25) is 14.6 Å². The number of benzene rings is 1. The van der Waals surface area contributed by atoms with Crippen molar-refractivity contribution in [3.8, 4) is 0 Å². The van der Waals surface area contributed by atoms with E-state index >= 15 is 0 Å². The molecule has 0 bridgehead atoms. The Bertz CT molecular complexity index is 1220. The van der Waals surface area contributed by atoms with E-state index < -0.39 is 45.4 Å². The van der Waals surface area contributed by atoms with Gasteiger partial charge < -0.3 is 15.7 Å². The zero-order valence-corrected chi connectivity index (χ0v) is 20.9. The molecule has 2 fully saturated rings. The van der Waals surface area contributed by atoms with Crippen molar-refractivity contribution >= 4 is 39.4 Å². The summed E-state index contributed by atoms with van der Waals surface area (Å²) in [7, 11) is -4.07. The van der Waals surface area contributed by atoms with Gasteiger partial charge in [-0.1, -0.05) is 25.3 Å². The van der Waals surface area contributed by atoms with Crippen LogP contribution < -0.4 is 10.6 Å². The van der Waals surface area contributed by atoms with Gasteiger partial charge in [0.15, 0.2) is 0 Å². The van der Waals surface area contributed by atoms with E-state index in [1.807, 2.05) is 0 Å². The normalized spacial score (nSPS) is 21.3. The number of alkyl halides is 3. The molecule has 3 N–H and O–H groups in total. The lowest BCUT2D eigenvalue weighted by Gasteiger charge is -2.34. The van der Waals surface area contributed by atoms with Crippen molar-refractivity contribution in [2.45, 2.75) is 56.7 Å². The first-order chi connectivity index (χ1) is 17.4. The summed E-state index contributed by atoms with van der Waals surface area (Å²) < 4.78 is 67.7. The summed E-state index contributed by atoms with van der Waals surface area (Å²) in [5.41, 5.74) is -2.72. The van der Waals surface area contributed by atoms with Gasteiger partial charge in [-0.2, -0.15) is 17.5 Å². The molecule has 1 aliphatic carbocycles. The van der Waals surface area contributed by atoms with Crippen LogP contribution in [-0.4, -0.2) is 60.7 Å². The SMILES string of the molecule is O=C(CO)Nc1ccc(/C=C/S(=O)(=O)N2CCC3(CC2)N=C(C2CCCCC2)NC3=O)c(C(F)(F)F)c1. The molecule has 13 heteroatoms. The number of carbonyl (C=O) groups is 2. The van der Waals surface area contributed by atoms with Crippen LogP contribution in [0, 0.1) is 5.92 Å². The number of piperidine rings is 1. The van der Waals surface area contributed by atoms with E-state index in [9.17, 15) is 31.2 Å². The summed E-state index contributed by atoms with van der Waals surface area (Å²) in [6.07, 6.45) is 1.70. The molecule has 0 atom stereocenters. The van der Waals surface area contributed by atoms with Crippen LogP contribution in [0.2, 0.25) is 0 Å². The van der Waals surface area contributed by atoms with Crippen molar-refractivity contribution in [1.29, 1.82) is 0 Å². The number of aliphatic hydroxyl groups is 1. The number of nitrogens with one attached hydrogen (secondary N) is 2. The third-order valence-electron chi connectivity index (χ3n) is 7.11. The number of amides is 2. The van der Waals surface area contributed by atoms with Gasteiger partial charge in [0.1, 0.15) is 18.0 Å². The molecule has 1 spiro atoms. The first kappa shape index (κ1) is 27.3. The van der Waals surface area contributed by atoms with Gasteiger partial charge in [0.25, 0.3) is 5.91 Å². The van der Waals surface area contributed by atoms with Crippen molar-refractivity contribution < 1.29 is 36.3 Å². The second-order valence-electron chi connectivity index (χ2n) is 9.57. The highest BCUT2D eigenvalue weighted by atomic mass is 32.2. The molecule has 2 heterocycles. The molecule has 0 unspecified atom stereocenters. The summed E-state index contributed by atoms with van der Waals surface area (Å²) in [6, 6.07) is 2.89.